The Bertz CT molecular complexity index is 946. The molecular formula is C17H21N3O6S. The summed E-state index contributed by atoms with van der Waals surface area (Å²) in [5.74, 6) is 0.495. The van der Waals surface area contributed by atoms with Gasteiger partial charge in [-0.1, -0.05) is 25.9 Å². The number of anilines is 1. The van der Waals surface area contributed by atoms with Crippen LogP contribution >= 0.6 is 0 Å². The molecule has 0 unspecified atom stereocenters. The van der Waals surface area contributed by atoms with Gasteiger partial charge < -0.3 is 19.3 Å². The highest BCUT2D eigenvalue weighted by Crippen LogP contribution is 2.34. The summed E-state index contributed by atoms with van der Waals surface area (Å²) >= 11 is 0. The summed E-state index contributed by atoms with van der Waals surface area (Å²) in [4.78, 5) is 16.2. The third kappa shape index (κ3) is 4.97. The number of aromatic nitrogens is 2. The van der Waals surface area contributed by atoms with E-state index in [1.54, 1.807) is 18.2 Å². The van der Waals surface area contributed by atoms with E-state index in [0.29, 0.717) is 23.1 Å². The minimum atomic E-state index is -3.55. The third-order valence-electron chi connectivity index (χ3n) is 3.76. The van der Waals surface area contributed by atoms with Crippen LogP contribution < -0.4 is 14.8 Å². The van der Waals surface area contributed by atoms with Crippen LogP contribution in [0.2, 0.25) is 0 Å². The van der Waals surface area contributed by atoms with Crippen molar-refractivity contribution in [1.29, 1.82) is 0 Å². The van der Waals surface area contributed by atoms with E-state index in [1.165, 1.54) is 0 Å². The number of sulfone groups is 1. The molecule has 1 amide bonds. The maximum Gasteiger partial charge on any atom is 0.232 e. The van der Waals surface area contributed by atoms with Crippen LogP contribution in [0, 0.1) is 0 Å². The van der Waals surface area contributed by atoms with Gasteiger partial charge in [0.1, 0.15) is 5.75 Å². The Balaban J connectivity index is 1.53. The van der Waals surface area contributed by atoms with Crippen molar-refractivity contribution in [1.82, 2.24) is 10.1 Å². The summed E-state index contributed by atoms with van der Waals surface area (Å²) in [5, 5.41) is 6.35. The minimum absolute atomic E-state index is 0.0936. The van der Waals surface area contributed by atoms with E-state index >= 15 is 0 Å². The van der Waals surface area contributed by atoms with Gasteiger partial charge in [-0.3, -0.25) is 4.79 Å². The first-order chi connectivity index (χ1) is 12.6. The topological polar surface area (TPSA) is 121 Å². The molecule has 2 heterocycles. The Kier molecular flexibility index (Phi) is 5.09. The van der Waals surface area contributed by atoms with Crippen molar-refractivity contribution in [2.45, 2.75) is 38.4 Å². The molecule has 0 atom stereocenters. The molecule has 1 aliphatic heterocycles. The second-order valence-electron chi connectivity index (χ2n) is 7.22. The van der Waals surface area contributed by atoms with E-state index in [9.17, 15) is 13.2 Å². The molecule has 0 saturated heterocycles. The lowest BCUT2D eigenvalue weighted by atomic mass is 9.97. The van der Waals surface area contributed by atoms with Crippen molar-refractivity contribution in [3.8, 4) is 11.5 Å². The maximum atomic E-state index is 12.2. The molecule has 1 aliphatic rings. The predicted octanol–water partition coefficient (Wildman–Crippen LogP) is 2.04. The quantitative estimate of drug-likeness (QED) is 0.789. The standard InChI is InChI=1S/C17H21N3O6S/c1-17(2,3)16-19-14(20-26-16)9-27(22,23)7-6-15(21)18-11-4-5-12-13(8-11)25-10-24-12/h4-5,8H,6-7,9-10H2,1-3H3,(H,18,21). The van der Waals surface area contributed by atoms with Gasteiger partial charge in [0.25, 0.3) is 0 Å². The smallest absolute Gasteiger partial charge is 0.232 e. The number of carbonyl (C=O) groups excluding carboxylic acids is 1. The van der Waals surface area contributed by atoms with Crippen LogP contribution in [0.5, 0.6) is 11.5 Å². The van der Waals surface area contributed by atoms with Crippen molar-refractivity contribution in [3.05, 3.63) is 29.9 Å². The molecule has 0 spiro atoms. The lowest BCUT2D eigenvalue weighted by Gasteiger charge is -2.10. The van der Waals surface area contributed by atoms with E-state index in [-0.39, 0.29) is 36.0 Å². The number of nitrogens with zero attached hydrogens (tertiary/aromatic N) is 2. The van der Waals surface area contributed by atoms with Gasteiger partial charge >= 0.3 is 0 Å². The van der Waals surface area contributed by atoms with Gasteiger partial charge in [0.05, 0.1) is 5.75 Å². The van der Waals surface area contributed by atoms with Gasteiger partial charge in [-0.05, 0) is 12.1 Å². The molecule has 0 aliphatic carbocycles. The third-order valence-corrected chi connectivity index (χ3v) is 5.28. The van der Waals surface area contributed by atoms with E-state index in [2.05, 4.69) is 15.5 Å². The molecule has 2 aromatic rings. The number of hydrogen-bond donors (Lipinski definition) is 1. The highest BCUT2D eigenvalue weighted by atomic mass is 32.2. The average molecular weight is 395 g/mol. The first-order valence-corrected chi connectivity index (χ1v) is 10.2. The molecule has 0 saturated carbocycles. The van der Waals surface area contributed by atoms with Crippen LogP contribution in [-0.4, -0.2) is 37.0 Å². The number of benzene rings is 1. The minimum Gasteiger partial charge on any atom is -0.454 e. The Morgan fingerprint density at radius 1 is 1.22 bits per heavy atom. The summed E-state index contributed by atoms with van der Waals surface area (Å²) in [6.45, 7) is 5.80. The van der Waals surface area contributed by atoms with Gasteiger partial charge in [0.15, 0.2) is 27.2 Å². The van der Waals surface area contributed by atoms with Crippen LogP contribution in [0.1, 0.15) is 38.9 Å². The summed E-state index contributed by atoms with van der Waals surface area (Å²) in [6, 6.07) is 4.97. The van der Waals surface area contributed by atoms with Gasteiger partial charge in [-0.15, -0.1) is 0 Å². The maximum absolute atomic E-state index is 12.2. The Hall–Kier alpha value is -2.62. The second-order valence-corrected chi connectivity index (χ2v) is 9.41. The normalized spacial score (nSPS) is 13.6. The zero-order chi connectivity index (χ0) is 19.7. The summed E-state index contributed by atoms with van der Waals surface area (Å²) in [6.07, 6.45) is -0.180. The fourth-order valence-corrected chi connectivity index (χ4v) is 3.48. The number of carbonyl (C=O) groups is 1. The van der Waals surface area contributed by atoms with Crippen LogP contribution in [0.25, 0.3) is 0 Å². The number of fused-ring (bicyclic) bond motifs is 1. The van der Waals surface area contributed by atoms with Gasteiger partial charge in [0, 0.05) is 23.6 Å². The van der Waals surface area contributed by atoms with Crippen molar-refractivity contribution >= 4 is 21.4 Å². The summed E-state index contributed by atoms with van der Waals surface area (Å²) in [5.41, 5.74) is 0.147. The van der Waals surface area contributed by atoms with E-state index in [1.807, 2.05) is 20.8 Å². The molecule has 3 rings (SSSR count). The molecule has 0 radical (unpaired) electrons. The molecule has 1 aromatic carbocycles. The zero-order valence-electron chi connectivity index (χ0n) is 15.3. The monoisotopic (exact) mass is 395 g/mol. The second kappa shape index (κ2) is 7.18. The highest BCUT2D eigenvalue weighted by molar-refractivity contribution is 7.90. The molecule has 1 N–H and O–H groups in total. The molecule has 1 aromatic heterocycles. The van der Waals surface area contributed by atoms with E-state index < -0.39 is 15.7 Å². The predicted molar refractivity (Wildman–Crippen MR) is 96.3 cm³/mol. The van der Waals surface area contributed by atoms with Gasteiger partial charge in [-0.25, -0.2) is 8.42 Å². The zero-order valence-corrected chi connectivity index (χ0v) is 16.1. The number of ether oxygens (including phenoxy) is 2. The van der Waals surface area contributed by atoms with Gasteiger partial charge in [-0.2, -0.15) is 4.98 Å². The van der Waals surface area contributed by atoms with E-state index in [0.717, 1.165) is 0 Å². The molecular weight excluding hydrogens is 374 g/mol. The van der Waals surface area contributed by atoms with Crippen molar-refractivity contribution in [2.75, 3.05) is 17.9 Å². The van der Waals surface area contributed by atoms with Gasteiger partial charge in [0.2, 0.25) is 18.6 Å². The van der Waals surface area contributed by atoms with Crippen LogP contribution in [0.15, 0.2) is 22.7 Å². The molecule has 0 fully saturated rings. The highest BCUT2D eigenvalue weighted by Gasteiger charge is 2.24. The Morgan fingerprint density at radius 3 is 2.67 bits per heavy atom. The van der Waals surface area contributed by atoms with Crippen LogP contribution in [0.3, 0.4) is 0 Å². The Labute approximate surface area is 157 Å². The summed E-state index contributed by atoms with van der Waals surface area (Å²) < 4.78 is 40.0. The van der Waals surface area contributed by atoms with Crippen molar-refractivity contribution < 1.29 is 27.2 Å². The number of amides is 1. The number of nitrogens with one attached hydrogen (secondary N) is 1. The SMILES string of the molecule is CC(C)(C)c1nc(CS(=O)(=O)CCC(=O)Nc2ccc3c(c2)OCO3)no1. The average Bonchev–Trinajstić information content (AvgIpc) is 3.21. The fraction of sp³-hybridized carbons (Fsp3) is 0.471. The molecule has 146 valence electrons. The summed E-state index contributed by atoms with van der Waals surface area (Å²) in [7, 11) is -3.55. The van der Waals surface area contributed by atoms with Crippen LogP contribution in [-0.2, 0) is 25.8 Å². The molecule has 0 bridgehead atoms. The first-order valence-electron chi connectivity index (χ1n) is 8.35. The Morgan fingerprint density at radius 2 is 1.96 bits per heavy atom. The molecule has 9 nitrogen and oxygen atoms in total. The van der Waals surface area contributed by atoms with Crippen molar-refractivity contribution in [2.24, 2.45) is 0 Å². The molecule has 10 heteroatoms. The first kappa shape index (κ1) is 19.2. The lowest BCUT2D eigenvalue weighted by Crippen LogP contribution is -2.19. The number of rotatable bonds is 6. The fourth-order valence-electron chi connectivity index (χ4n) is 2.33. The number of hydrogen-bond acceptors (Lipinski definition) is 8. The largest absolute Gasteiger partial charge is 0.454 e. The lowest BCUT2D eigenvalue weighted by molar-refractivity contribution is -0.115. The van der Waals surface area contributed by atoms with E-state index in [4.69, 9.17) is 14.0 Å². The van der Waals surface area contributed by atoms with Crippen molar-refractivity contribution in [3.63, 3.8) is 0 Å². The van der Waals surface area contributed by atoms with Crippen LogP contribution in [0.4, 0.5) is 5.69 Å². The molecule has 27 heavy (non-hydrogen) atoms.